The number of hydrogen-bond donors (Lipinski definition) is 0. The van der Waals surface area contributed by atoms with Gasteiger partial charge in [0.2, 0.25) is 0 Å². The predicted octanol–water partition coefficient (Wildman–Crippen LogP) is 12.6. The van der Waals surface area contributed by atoms with E-state index in [1.165, 1.54) is 59.1 Å². The summed E-state index contributed by atoms with van der Waals surface area (Å²) in [6.07, 6.45) is 22.6. The molecule has 0 atom stereocenters. The van der Waals surface area contributed by atoms with E-state index in [0.717, 1.165) is 12.8 Å². The molecule has 0 heterocycles. The first kappa shape index (κ1) is 35.7. The monoisotopic (exact) mass is 542 g/mol. The molecule has 0 radical (unpaired) electrons. The van der Waals surface area contributed by atoms with Crippen LogP contribution in [0.25, 0.3) is 0 Å². The van der Waals surface area contributed by atoms with E-state index in [1.54, 1.807) is 11.1 Å². The van der Waals surface area contributed by atoms with Gasteiger partial charge in [0.25, 0.3) is 0 Å². The van der Waals surface area contributed by atoms with Crippen LogP contribution in [0.5, 0.6) is 0 Å². The van der Waals surface area contributed by atoms with Gasteiger partial charge in [0.1, 0.15) is 0 Å². The zero-order valence-electron chi connectivity index (χ0n) is 28.6. The van der Waals surface area contributed by atoms with Crippen molar-refractivity contribution in [1.29, 1.82) is 0 Å². The van der Waals surface area contributed by atoms with Gasteiger partial charge in [0, 0.05) is 0 Å². The number of rotatable bonds is 7. The Labute approximate surface area is 250 Å². The Balaban J connectivity index is 0.000000555. The fourth-order valence-electron chi connectivity index (χ4n) is 5.46. The fraction of sp³-hybridized carbons (Fsp3) is 0.550. The van der Waals surface area contributed by atoms with E-state index in [4.69, 9.17) is 0 Å². The molecule has 0 aromatic heterocycles. The second-order valence-electron chi connectivity index (χ2n) is 13.6. The molecule has 1 aromatic carbocycles. The fourth-order valence-corrected chi connectivity index (χ4v) is 5.46. The van der Waals surface area contributed by atoms with Gasteiger partial charge in [0.15, 0.2) is 0 Å². The highest BCUT2D eigenvalue weighted by atomic mass is 14.4. The summed E-state index contributed by atoms with van der Waals surface area (Å²) in [6.45, 7) is 33.2. The summed E-state index contributed by atoms with van der Waals surface area (Å²) < 4.78 is 0. The maximum Gasteiger partial charge on any atom is -0.00640 e. The number of aryl methyl sites for hydroxylation is 1. The summed E-state index contributed by atoms with van der Waals surface area (Å²) in [7, 11) is 0. The lowest BCUT2D eigenvalue weighted by atomic mass is 9.62. The Morgan fingerprint density at radius 1 is 0.900 bits per heavy atom. The number of hydrogen-bond acceptors (Lipinski definition) is 0. The summed E-state index contributed by atoms with van der Waals surface area (Å²) in [4.78, 5) is 0. The molecular formula is C40H62. The number of benzene rings is 1. The van der Waals surface area contributed by atoms with E-state index >= 15 is 0 Å². The third kappa shape index (κ3) is 10.2. The molecule has 0 heteroatoms. The van der Waals surface area contributed by atoms with Crippen LogP contribution in [-0.4, -0.2) is 0 Å². The van der Waals surface area contributed by atoms with Crippen molar-refractivity contribution in [2.45, 2.75) is 139 Å². The van der Waals surface area contributed by atoms with E-state index in [2.05, 4.69) is 131 Å². The van der Waals surface area contributed by atoms with Crippen LogP contribution in [0.4, 0.5) is 0 Å². The molecule has 0 saturated heterocycles. The molecule has 2 aliphatic rings. The zero-order valence-corrected chi connectivity index (χ0v) is 28.6. The summed E-state index contributed by atoms with van der Waals surface area (Å²) in [6, 6.07) is 4.97. The zero-order chi connectivity index (χ0) is 30.7. The van der Waals surface area contributed by atoms with E-state index in [-0.39, 0.29) is 10.8 Å². The van der Waals surface area contributed by atoms with Gasteiger partial charge in [-0.15, -0.1) is 0 Å². The molecule has 0 spiro atoms. The summed E-state index contributed by atoms with van der Waals surface area (Å²) in [5.41, 5.74) is 12.3. The van der Waals surface area contributed by atoms with Crippen molar-refractivity contribution >= 4 is 0 Å². The van der Waals surface area contributed by atoms with Crippen LogP contribution in [0.2, 0.25) is 0 Å². The summed E-state index contributed by atoms with van der Waals surface area (Å²) in [5, 5.41) is 0. The molecular weight excluding hydrogens is 480 g/mol. The van der Waals surface area contributed by atoms with Crippen molar-refractivity contribution in [3.63, 3.8) is 0 Å². The van der Waals surface area contributed by atoms with Crippen LogP contribution in [0.15, 0.2) is 83.5 Å². The largest absolute Gasteiger partial charge is 0.0985 e. The Hall–Kier alpha value is -2.34. The SMILES string of the molecule is C=CC(=C\C=C(/C)Cc1cc2c(cc1C)C(C)(C)CCC2(C)C)/C(C)=C/CC.CC.CCC1=CCC(C)(C)C=C1. The third-order valence-electron chi connectivity index (χ3n) is 8.56. The molecule has 0 N–H and O–H groups in total. The molecule has 222 valence electrons. The molecule has 0 unspecified atom stereocenters. The van der Waals surface area contributed by atoms with Crippen LogP contribution in [0.3, 0.4) is 0 Å². The van der Waals surface area contributed by atoms with Gasteiger partial charge in [0.05, 0.1) is 0 Å². The lowest BCUT2D eigenvalue weighted by molar-refractivity contribution is 0.331. The molecule has 1 aromatic rings. The molecule has 0 nitrogen and oxygen atoms in total. The van der Waals surface area contributed by atoms with E-state index < -0.39 is 0 Å². The maximum atomic E-state index is 3.98. The Morgan fingerprint density at radius 3 is 1.95 bits per heavy atom. The highest BCUT2D eigenvalue weighted by molar-refractivity contribution is 5.48. The van der Waals surface area contributed by atoms with Crippen LogP contribution in [0.1, 0.15) is 137 Å². The van der Waals surface area contributed by atoms with E-state index in [9.17, 15) is 0 Å². The second-order valence-corrected chi connectivity index (χ2v) is 13.6. The average molecular weight is 543 g/mol. The van der Waals surface area contributed by atoms with Gasteiger partial charge in [-0.05, 0) is 109 Å². The van der Waals surface area contributed by atoms with Gasteiger partial charge in [-0.1, -0.05) is 142 Å². The van der Waals surface area contributed by atoms with Crippen LogP contribution in [-0.2, 0) is 17.3 Å². The van der Waals surface area contributed by atoms with Crippen molar-refractivity contribution < 1.29 is 0 Å². The van der Waals surface area contributed by atoms with Gasteiger partial charge in [-0.25, -0.2) is 0 Å². The molecule has 0 amide bonds. The second kappa shape index (κ2) is 15.6. The smallest absolute Gasteiger partial charge is 0.00640 e. The topological polar surface area (TPSA) is 0 Å². The van der Waals surface area contributed by atoms with Crippen molar-refractivity contribution in [2.24, 2.45) is 5.41 Å². The third-order valence-corrected chi connectivity index (χ3v) is 8.56. The first-order valence-electron chi connectivity index (χ1n) is 15.9. The molecule has 3 rings (SSSR count). The predicted molar refractivity (Wildman–Crippen MR) is 184 cm³/mol. The average Bonchev–Trinajstić information content (AvgIpc) is 2.90. The normalized spacial score (nSPS) is 19.3. The summed E-state index contributed by atoms with van der Waals surface area (Å²) >= 11 is 0. The van der Waals surface area contributed by atoms with Crippen LogP contribution >= 0.6 is 0 Å². The first-order valence-corrected chi connectivity index (χ1v) is 15.9. The minimum atomic E-state index is 0.267. The van der Waals surface area contributed by atoms with Gasteiger partial charge < -0.3 is 0 Å². The molecule has 0 aliphatic heterocycles. The molecule has 0 bridgehead atoms. The number of allylic oxidation sites excluding steroid dienone is 11. The highest BCUT2D eigenvalue weighted by Crippen LogP contribution is 2.46. The number of fused-ring (bicyclic) bond motifs is 1. The van der Waals surface area contributed by atoms with Gasteiger partial charge >= 0.3 is 0 Å². The van der Waals surface area contributed by atoms with Crippen molar-refractivity contribution in [3.05, 3.63) is 106 Å². The lowest BCUT2D eigenvalue weighted by Crippen LogP contribution is -2.34. The minimum absolute atomic E-state index is 0.267. The Bertz CT molecular complexity index is 1130. The summed E-state index contributed by atoms with van der Waals surface area (Å²) in [5.74, 6) is 0. The van der Waals surface area contributed by atoms with Crippen molar-refractivity contribution in [3.8, 4) is 0 Å². The Kier molecular flexibility index (Phi) is 13.9. The minimum Gasteiger partial charge on any atom is -0.0985 e. The molecule has 2 aliphatic carbocycles. The van der Waals surface area contributed by atoms with Crippen molar-refractivity contribution in [1.82, 2.24) is 0 Å². The molecule has 0 saturated carbocycles. The maximum absolute atomic E-state index is 3.98. The standard InChI is InChI=1S/C28H40.C10H16.C2H6/c1-10-12-21(4)23(11-2)14-13-20(3)17-24-19-26-25(18-22(24)5)27(6,7)15-16-28(26,8)9;1-4-9-5-7-10(2,3)8-6-9;1-2/h11-14,18-19H,2,10,15-17H2,1,3-9H3;5-7H,4,8H2,1-3H3;1-2H3/b20-13+,21-12+,23-14+;;. The van der Waals surface area contributed by atoms with Crippen LogP contribution in [0, 0.1) is 12.3 Å². The van der Waals surface area contributed by atoms with E-state index in [0.29, 0.717) is 5.41 Å². The lowest BCUT2D eigenvalue weighted by Gasteiger charge is -2.42. The highest BCUT2D eigenvalue weighted by Gasteiger charge is 2.37. The Morgan fingerprint density at radius 2 is 1.48 bits per heavy atom. The first-order chi connectivity index (χ1) is 18.7. The van der Waals surface area contributed by atoms with Crippen LogP contribution < -0.4 is 0 Å². The quantitative estimate of drug-likeness (QED) is 0.300. The van der Waals surface area contributed by atoms with E-state index in [1.807, 2.05) is 19.9 Å². The molecule has 0 fully saturated rings. The van der Waals surface area contributed by atoms with Crippen molar-refractivity contribution in [2.75, 3.05) is 0 Å². The molecule has 40 heavy (non-hydrogen) atoms. The van der Waals surface area contributed by atoms with Gasteiger partial charge in [-0.3, -0.25) is 0 Å². The van der Waals surface area contributed by atoms with Gasteiger partial charge in [-0.2, -0.15) is 0 Å².